The third kappa shape index (κ3) is 3.20. The average molecular weight is 303 g/mol. The van der Waals surface area contributed by atoms with Gasteiger partial charge in [0.15, 0.2) is 0 Å². The number of β-amino-alcohol motifs (C(OH)–C–C–N with tert-alkyl or cyclic N) is 1. The minimum absolute atomic E-state index is 0.229. The molecule has 1 aromatic carbocycles. The Morgan fingerprint density at radius 3 is 2.64 bits per heavy atom. The molecule has 2 aromatic rings. The number of hydrogen-bond donors (Lipinski definition) is 1. The second kappa shape index (κ2) is 6.18. The molecule has 1 saturated heterocycles. The maximum Gasteiger partial charge on any atom is 0.124 e. The van der Waals surface area contributed by atoms with E-state index in [2.05, 4.69) is 14.8 Å². The number of halogens is 1. The van der Waals surface area contributed by atoms with Crippen LogP contribution in [0.5, 0.6) is 0 Å². The molecule has 22 heavy (non-hydrogen) atoms. The van der Waals surface area contributed by atoms with Crippen molar-refractivity contribution in [3.8, 4) is 0 Å². The summed E-state index contributed by atoms with van der Waals surface area (Å²) in [6.07, 6.45) is -0.301. The lowest BCUT2D eigenvalue weighted by molar-refractivity contribution is 0.123. The molecule has 1 N–H and O–H groups in total. The van der Waals surface area contributed by atoms with E-state index in [0.29, 0.717) is 6.54 Å². The first-order valence-corrected chi connectivity index (χ1v) is 7.75. The molecule has 5 heteroatoms. The molecular formula is C17H22FN3O. The number of piperazine rings is 1. The van der Waals surface area contributed by atoms with Gasteiger partial charge in [-0.2, -0.15) is 0 Å². The highest BCUT2D eigenvalue weighted by Crippen LogP contribution is 2.28. The fourth-order valence-corrected chi connectivity index (χ4v) is 3.12. The number of fused-ring (bicyclic) bond motifs is 1. The molecule has 0 amide bonds. The van der Waals surface area contributed by atoms with Crippen molar-refractivity contribution in [2.45, 2.75) is 20.0 Å². The Kier molecular flexibility index (Phi) is 4.27. The highest BCUT2D eigenvalue weighted by Gasteiger charge is 2.20. The molecule has 2 heterocycles. The van der Waals surface area contributed by atoms with Crippen LogP contribution >= 0.6 is 0 Å². The number of anilines is 1. The van der Waals surface area contributed by atoms with Crippen molar-refractivity contribution in [3.05, 3.63) is 35.8 Å². The molecule has 4 nitrogen and oxygen atoms in total. The van der Waals surface area contributed by atoms with E-state index in [4.69, 9.17) is 0 Å². The summed E-state index contributed by atoms with van der Waals surface area (Å²) in [6.45, 7) is 8.05. The van der Waals surface area contributed by atoms with Crippen molar-refractivity contribution < 1.29 is 9.50 Å². The minimum atomic E-state index is -0.301. The highest BCUT2D eigenvalue weighted by molar-refractivity contribution is 5.92. The van der Waals surface area contributed by atoms with Gasteiger partial charge in [0, 0.05) is 49.5 Å². The Balaban J connectivity index is 1.86. The van der Waals surface area contributed by atoms with E-state index in [1.165, 1.54) is 6.07 Å². The number of pyridine rings is 1. The zero-order valence-corrected chi connectivity index (χ0v) is 13.1. The van der Waals surface area contributed by atoms with Crippen LogP contribution in [0.15, 0.2) is 24.3 Å². The van der Waals surface area contributed by atoms with Crippen LogP contribution in [0.1, 0.15) is 12.6 Å². The van der Waals surface area contributed by atoms with E-state index in [9.17, 15) is 9.50 Å². The van der Waals surface area contributed by atoms with Crippen molar-refractivity contribution in [2.75, 3.05) is 37.6 Å². The van der Waals surface area contributed by atoms with Gasteiger partial charge in [0.2, 0.25) is 0 Å². The smallest absolute Gasteiger partial charge is 0.124 e. The predicted octanol–water partition coefficient (Wildman–Crippen LogP) is 2.19. The average Bonchev–Trinajstić information content (AvgIpc) is 2.47. The van der Waals surface area contributed by atoms with Crippen molar-refractivity contribution in [2.24, 2.45) is 0 Å². The lowest BCUT2D eigenvalue weighted by Crippen LogP contribution is -2.48. The number of aromatic nitrogens is 1. The van der Waals surface area contributed by atoms with Crippen molar-refractivity contribution in [1.29, 1.82) is 0 Å². The number of aliphatic hydroxyl groups excluding tert-OH is 1. The molecule has 1 aromatic heterocycles. The molecule has 0 unspecified atom stereocenters. The molecule has 0 saturated carbocycles. The molecule has 0 aliphatic carbocycles. The molecule has 3 rings (SSSR count). The van der Waals surface area contributed by atoms with Crippen LogP contribution in [-0.4, -0.2) is 53.8 Å². The zero-order chi connectivity index (χ0) is 15.7. The molecule has 0 radical (unpaired) electrons. The highest BCUT2D eigenvalue weighted by atomic mass is 19.1. The van der Waals surface area contributed by atoms with Gasteiger partial charge in [-0.25, -0.2) is 4.39 Å². The summed E-state index contributed by atoms with van der Waals surface area (Å²) in [5.41, 5.74) is 2.84. The monoisotopic (exact) mass is 303 g/mol. The van der Waals surface area contributed by atoms with Gasteiger partial charge in [-0.1, -0.05) is 0 Å². The third-order valence-corrected chi connectivity index (χ3v) is 4.11. The largest absolute Gasteiger partial charge is 0.392 e. The number of aryl methyl sites for hydroxylation is 1. The summed E-state index contributed by atoms with van der Waals surface area (Å²) in [6, 6.07) is 6.80. The summed E-state index contributed by atoms with van der Waals surface area (Å²) in [4.78, 5) is 9.04. The first-order chi connectivity index (χ1) is 10.5. The quantitative estimate of drug-likeness (QED) is 0.943. The van der Waals surface area contributed by atoms with Crippen LogP contribution < -0.4 is 4.90 Å². The van der Waals surface area contributed by atoms with E-state index in [-0.39, 0.29) is 11.9 Å². The fraction of sp³-hybridized carbons (Fsp3) is 0.471. The summed E-state index contributed by atoms with van der Waals surface area (Å²) in [7, 11) is 0. The van der Waals surface area contributed by atoms with Crippen molar-refractivity contribution >= 4 is 16.6 Å². The number of aliphatic hydroxyl groups is 1. The molecule has 1 fully saturated rings. The van der Waals surface area contributed by atoms with Gasteiger partial charge in [-0.3, -0.25) is 9.88 Å². The van der Waals surface area contributed by atoms with Gasteiger partial charge in [-0.15, -0.1) is 0 Å². The Morgan fingerprint density at radius 1 is 1.23 bits per heavy atom. The molecular weight excluding hydrogens is 281 g/mol. The van der Waals surface area contributed by atoms with E-state index < -0.39 is 0 Å². The van der Waals surface area contributed by atoms with Crippen molar-refractivity contribution in [1.82, 2.24) is 9.88 Å². The third-order valence-electron chi connectivity index (χ3n) is 4.11. The predicted molar refractivity (Wildman–Crippen MR) is 86.8 cm³/mol. The zero-order valence-electron chi connectivity index (χ0n) is 13.1. The van der Waals surface area contributed by atoms with Gasteiger partial charge in [0.05, 0.1) is 11.6 Å². The molecule has 118 valence electrons. The van der Waals surface area contributed by atoms with Gasteiger partial charge in [0.25, 0.3) is 0 Å². The minimum Gasteiger partial charge on any atom is -0.392 e. The second-order valence-corrected chi connectivity index (χ2v) is 6.08. The molecule has 0 bridgehead atoms. The van der Waals surface area contributed by atoms with Crippen molar-refractivity contribution in [3.63, 3.8) is 0 Å². The van der Waals surface area contributed by atoms with Crippen LogP contribution in [0.25, 0.3) is 10.9 Å². The van der Waals surface area contributed by atoms with Crippen LogP contribution in [0, 0.1) is 12.7 Å². The summed E-state index contributed by atoms with van der Waals surface area (Å²) >= 11 is 0. The molecule has 1 aliphatic rings. The van der Waals surface area contributed by atoms with E-state index in [1.54, 1.807) is 12.1 Å². The van der Waals surface area contributed by atoms with Gasteiger partial charge in [0.1, 0.15) is 5.82 Å². The SMILES string of the molecule is Cc1cc(N2CCN(C[C@H](C)O)CC2)c2cc(F)ccc2n1. The van der Waals surface area contributed by atoms with E-state index in [0.717, 1.165) is 48.5 Å². The van der Waals surface area contributed by atoms with Crippen LogP contribution in [-0.2, 0) is 0 Å². The first-order valence-electron chi connectivity index (χ1n) is 7.75. The Morgan fingerprint density at radius 2 is 1.95 bits per heavy atom. The topological polar surface area (TPSA) is 39.6 Å². The standard InChI is InChI=1S/C17H22FN3O/c1-12-9-17(15-10-14(18)3-4-16(15)19-12)21-7-5-20(6-8-21)11-13(2)22/h3-4,9-10,13,22H,5-8,11H2,1-2H3/t13-/m0/s1. The van der Waals surface area contributed by atoms with Gasteiger partial charge < -0.3 is 10.0 Å². The van der Waals surface area contributed by atoms with Crippen LogP contribution in [0.3, 0.4) is 0 Å². The summed E-state index contributed by atoms with van der Waals surface area (Å²) in [5.74, 6) is -0.229. The Bertz CT molecular complexity index is 666. The van der Waals surface area contributed by atoms with Crippen LogP contribution in [0.2, 0.25) is 0 Å². The molecule has 0 spiro atoms. The molecule has 1 atom stereocenters. The lowest BCUT2D eigenvalue weighted by Gasteiger charge is -2.37. The molecule has 1 aliphatic heterocycles. The first kappa shape index (κ1) is 15.2. The number of hydrogen-bond acceptors (Lipinski definition) is 4. The van der Waals surface area contributed by atoms with E-state index in [1.807, 2.05) is 19.9 Å². The summed E-state index contributed by atoms with van der Waals surface area (Å²) in [5, 5.41) is 10.4. The second-order valence-electron chi connectivity index (χ2n) is 6.08. The number of nitrogens with zero attached hydrogens (tertiary/aromatic N) is 3. The lowest BCUT2D eigenvalue weighted by atomic mass is 10.1. The summed E-state index contributed by atoms with van der Waals surface area (Å²) < 4.78 is 13.6. The van der Waals surface area contributed by atoms with Crippen LogP contribution in [0.4, 0.5) is 10.1 Å². The Labute approximate surface area is 130 Å². The number of benzene rings is 1. The normalized spacial score (nSPS) is 17.9. The maximum absolute atomic E-state index is 13.6. The maximum atomic E-state index is 13.6. The number of rotatable bonds is 3. The van der Waals surface area contributed by atoms with Gasteiger partial charge in [-0.05, 0) is 38.1 Å². The van der Waals surface area contributed by atoms with E-state index >= 15 is 0 Å². The Hall–Kier alpha value is -1.72. The van der Waals surface area contributed by atoms with Gasteiger partial charge >= 0.3 is 0 Å². The fourth-order valence-electron chi connectivity index (χ4n) is 3.12.